The van der Waals surface area contributed by atoms with Crippen LogP contribution in [0.3, 0.4) is 0 Å². The van der Waals surface area contributed by atoms with E-state index >= 15 is 0 Å². The highest BCUT2D eigenvalue weighted by Crippen LogP contribution is 1.98. The van der Waals surface area contributed by atoms with Crippen molar-refractivity contribution >= 4 is 23.8 Å². The molecule has 0 aliphatic heterocycles. The summed E-state index contributed by atoms with van der Waals surface area (Å²) in [4.78, 5) is 22.2. The van der Waals surface area contributed by atoms with E-state index in [1.54, 1.807) is 0 Å². The molecule has 0 rings (SSSR count). The van der Waals surface area contributed by atoms with Gasteiger partial charge >= 0.3 is 0 Å². The van der Waals surface area contributed by atoms with E-state index in [1.807, 2.05) is 27.7 Å². The van der Waals surface area contributed by atoms with Crippen LogP contribution in [0.1, 0.15) is 27.7 Å². The molecule has 0 spiro atoms. The van der Waals surface area contributed by atoms with Crippen molar-refractivity contribution in [3.05, 3.63) is 0 Å². The van der Waals surface area contributed by atoms with E-state index in [4.69, 9.17) is 0 Å². The molecule has 0 aromatic heterocycles. The molecule has 0 aliphatic rings. The van der Waals surface area contributed by atoms with Crippen LogP contribution in [-0.2, 0) is 9.59 Å². The van der Waals surface area contributed by atoms with Crippen LogP contribution in [-0.4, -0.2) is 23.6 Å². The lowest BCUT2D eigenvalue weighted by molar-refractivity contribution is -0.122. The molecule has 0 aromatic rings. The van der Waals surface area contributed by atoms with Gasteiger partial charge in [0.2, 0.25) is 11.8 Å². The van der Waals surface area contributed by atoms with Crippen LogP contribution in [0.2, 0.25) is 0 Å². The number of nitrogens with one attached hydrogen (secondary N) is 2. The summed E-state index contributed by atoms with van der Waals surface area (Å²) in [6, 6.07) is 0.143. The maximum atomic E-state index is 11.1. The molecule has 5 heteroatoms. The maximum absolute atomic E-state index is 11.1. The van der Waals surface area contributed by atoms with Crippen molar-refractivity contribution in [3.63, 3.8) is 0 Å². The Kier molecular flexibility index (Phi) is 6.36. The predicted molar refractivity (Wildman–Crippen MR) is 58.7 cm³/mol. The Hall–Kier alpha value is -0.710. The predicted octanol–water partition coefficient (Wildman–Crippen LogP) is 0.931. The Morgan fingerprint density at radius 2 is 1.79 bits per heavy atom. The molecule has 0 saturated heterocycles. The first-order chi connectivity index (χ1) is 6.43. The largest absolute Gasteiger partial charge is 0.353 e. The molecule has 0 radical (unpaired) electrons. The summed E-state index contributed by atoms with van der Waals surface area (Å²) in [5.74, 6) is 0.105. The lowest BCUT2D eigenvalue weighted by Crippen LogP contribution is -2.33. The smallest absolute Gasteiger partial charge is 0.232 e. The van der Waals surface area contributed by atoms with Gasteiger partial charge in [-0.05, 0) is 25.8 Å². The van der Waals surface area contributed by atoms with Gasteiger partial charge < -0.3 is 5.32 Å². The van der Waals surface area contributed by atoms with E-state index in [0.717, 1.165) is 11.9 Å². The van der Waals surface area contributed by atoms with Gasteiger partial charge in [0.05, 0.1) is 5.75 Å². The second-order valence-electron chi connectivity index (χ2n) is 3.63. The molecular formula is C9H18N2O2S. The van der Waals surface area contributed by atoms with E-state index < -0.39 is 0 Å². The molecule has 0 unspecified atom stereocenters. The standard InChI is InChI=1S/C9H18N2O2S/c1-6(2)9(13)11-14-5-8(12)10-7(3)4/h6-7H,5H2,1-4H3,(H,10,12)(H,11,13). The van der Waals surface area contributed by atoms with Gasteiger partial charge in [-0.25, -0.2) is 0 Å². The lowest BCUT2D eigenvalue weighted by Gasteiger charge is -2.09. The monoisotopic (exact) mass is 218 g/mol. The lowest BCUT2D eigenvalue weighted by atomic mass is 10.2. The zero-order valence-electron chi connectivity index (χ0n) is 9.09. The SMILES string of the molecule is CC(C)NC(=O)CSNC(=O)C(C)C. The van der Waals surface area contributed by atoms with Crippen molar-refractivity contribution in [2.24, 2.45) is 5.92 Å². The number of carbonyl (C=O) groups excluding carboxylic acids is 2. The van der Waals surface area contributed by atoms with Gasteiger partial charge in [0.1, 0.15) is 0 Å². The normalized spacial score (nSPS) is 10.4. The number of hydrogen-bond donors (Lipinski definition) is 2. The zero-order chi connectivity index (χ0) is 11.1. The highest BCUT2D eigenvalue weighted by Gasteiger charge is 2.08. The van der Waals surface area contributed by atoms with E-state index in [2.05, 4.69) is 10.0 Å². The Morgan fingerprint density at radius 3 is 2.21 bits per heavy atom. The minimum absolute atomic E-state index is 0.0457. The zero-order valence-corrected chi connectivity index (χ0v) is 9.90. The molecule has 82 valence electrons. The summed E-state index contributed by atoms with van der Waals surface area (Å²) in [5.41, 5.74) is 0. The molecular weight excluding hydrogens is 200 g/mol. The van der Waals surface area contributed by atoms with Crippen LogP contribution in [0, 0.1) is 5.92 Å². The molecule has 0 aliphatic carbocycles. The van der Waals surface area contributed by atoms with Gasteiger partial charge in [0.25, 0.3) is 0 Å². The maximum Gasteiger partial charge on any atom is 0.232 e. The molecule has 0 bridgehead atoms. The average molecular weight is 218 g/mol. The van der Waals surface area contributed by atoms with Crippen LogP contribution in [0.5, 0.6) is 0 Å². The van der Waals surface area contributed by atoms with Gasteiger partial charge in [-0.15, -0.1) is 0 Å². The van der Waals surface area contributed by atoms with Crippen molar-refractivity contribution in [1.29, 1.82) is 0 Å². The van der Waals surface area contributed by atoms with Crippen molar-refractivity contribution in [2.75, 3.05) is 5.75 Å². The summed E-state index contributed by atoms with van der Waals surface area (Å²) in [5, 5.41) is 2.73. The van der Waals surface area contributed by atoms with Crippen LogP contribution in [0.25, 0.3) is 0 Å². The summed E-state index contributed by atoms with van der Waals surface area (Å²) in [6.45, 7) is 7.42. The van der Waals surface area contributed by atoms with E-state index in [1.165, 1.54) is 0 Å². The second-order valence-corrected chi connectivity index (χ2v) is 4.41. The molecule has 2 amide bonds. The van der Waals surface area contributed by atoms with E-state index in [0.29, 0.717) is 0 Å². The Balaban J connectivity index is 3.54. The summed E-state index contributed by atoms with van der Waals surface area (Å²) in [7, 11) is 0. The van der Waals surface area contributed by atoms with Gasteiger partial charge in [-0.1, -0.05) is 13.8 Å². The third-order valence-electron chi connectivity index (χ3n) is 1.35. The summed E-state index contributed by atoms with van der Waals surface area (Å²) < 4.78 is 2.60. The third kappa shape index (κ3) is 6.77. The number of amides is 2. The number of rotatable bonds is 5. The molecule has 4 nitrogen and oxygen atoms in total. The summed E-state index contributed by atoms with van der Waals surface area (Å²) >= 11 is 1.13. The molecule has 0 fully saturated rings. The average Bonchev–Trinajstić information content (AvgIpc) is 2.02. The molecule has 0 heterocycles. The van der Waals surface area contributed by atoms with Gasteiger partial charge in [-0.3, -0.25) is 14.3 Å². The van der Waals surface area contributed by atoms with Crippen molar-refractivity contribution in [2.45, 2.75) is 33.7 Å². The fourth-order valence-corrected chi connectivity index (χ4v) is 1.32. The molecule has 0 aromatic carbocycles. The third-order valence-corrected chi connectivity index (χ3v) is 2.10. The molecule has 2 N–H and O–H groups in total. The number of carbonyl (C=O) groups is 2. The minimum atomic E-state index is -0.0611. The molecule has 14 heavy (non-hydrogen) atoms. The van der Waals surface area contributed by atoms with Crippen molar-refractivity contribution in [3.8, 4) is 0 Å². The first kappa shape index (κ1) is 13.3. The number of hydrogen-bond acceptors (Lipinski definition) is 3. The topological polar surface area (TPSA) is 58.2 Å². The second kappa shape index (κ2) is 6.70. The van der Waals surface area contributed by atoms with Crippen molar-refractivity contribution in [1.82, 2.24) is 10.0 Å². The fourth-order valence-electron chi connectivity index (χ4n) is 0.654. The first-order valence-electron chi connectivity index (χ1n) is 4.64. The van der Waals surface area contributed by atoms with Crippen LogP contribution in [0.15, 0.2) is 0 Å². The first-order valence-corrected chi connectivity index (χ1v) is 5.63. The Morgan fingerprint density at radius 1 is 1.21 bits per heavy atom. The van der Waals surface area contributed by atoms with Crippen LogP contribution < -0.4 is 10.0 Å². The van der Waals surface area contributed by atoms with Gasteiger partial charge in [0, 0.05) is 12.0 Å². The fraction of sp³-hybridized carbons (Fsp3) is 0.778. The summed E-state index contributed by atoms with van der Waals surface area (Å²) in [6.07, 6.45) is 0. The van der Waals surface area contributed by atoms with Gasteiger partial charge in [-0.2, -0.15) is 0 Å². The molecule has 0 atom stereocenters. The van der Waals surface area contributed by atoms with E-state index in [-0.39, 0.29) is 29.5 Å². The highest BCUT2D eigenvalue weighted by atomic mass is 32.2. The van der Waals surface area contributed by atoms with Crippen LogP contribution in [0.4, 0.5) is 0 Å². The van der Waals surface area contributed by atoms with Crippen LogP contribution >= 0.6 is 11.9 Å². The Labute approximate surface area is 89.3 Å². The highest BCUT2D eigenvalue weighted by molar-refractivity contribution is 7.98. The quantitative estimate of drug-likeness (QED) is 0.675. The van der Waals surface area contributed by atoms with Gasteiger partial charge in [0.15, 0.2) is 0 Å². The minimum Gasteiger partial charge on any atom is -0.353 e. The van der Waals surface area contributed by atoms with E-state index in [9.17, 15) is 9.59 Å². The molecule has 0 saturated carbocycles. The van der Waals surface area contributed by atoms with Crippen molar-refractivity contribution < 1.29 is 9.59 Å². The Bertz CT molecular complexity index is 205.